The van der Waals surface area contributed by atoms with E-state index in [0.29, 0.717) is 12.1 Å². The van der Waals surface area contributed by atoms with Crippen molar-refractivity contribution in [3.05, 3.63) is 102 Å². The number of rotatable bonds is 4. The molecule has 1 amide bonds. The molecule has 0 fully saturated rings. The highest BCUT2D eigenvalue weighted by molar-refractivity contribution is 7.92. The molecule has 0 saturated heterocycles. The molecule has 232 valence electrons. The number of aryl methyl sites for hydroxylation is 2. The van der Waals surface area contributed by atoms with E-state index in [2.05, 4.69) is 40.4 Å². The smallest absolute Gasteiger partial charge is 0.264 e. The van der Waals surface area contributed by atoms with Gasteiger partial charge in [0.15, 0.2) is 0 Å². The number of hydrogen-bond acceptors (Lipinski definition) is 7. The molecule has 1 aliphatic heterocycles. The third-order valence-corrected chi connectivity index (χ3v) is 9.18. The number of benzene rings is 2. The van der Waals surface area contributed by atoms with Crippen molar-refractivity contribution in [1.29, 1.82) is 0 Å². The Morgan fingerprint density at radius 3 is 2.49 bits per heavy atom. The zero-order valence-electron chi connectivity index (χ0n) is 26.0. The van der Waals surface area contributed by atoms with Gasteiger partial charge in [-0.2, -0.15) is 4.98 Å². The molecule has 6 rings (SSSR count). The maximum Gasteiger partial charge on any atom is 0.264 e. The fraction of sp³-hybridized carbons (Fsp3) is 0.294. The molecule has 3 aromatic heterocycles. The summed E-state index contributed by atoms with van der Waals surface area (Å²) < 4.78 is 38.1. The Kier molecular flexibility index (Phi) is 7.82. The third-order valence-electron chi connectivity index (χ3n) is 7.86. The quantitative estimate of drug-likeness (QED) is 0.259. The van der Waals surface area contributed by atoms with E-state index in [9.17, 15) is 13.2 Å². The molecule has 0 saturated carbocycles. The van der Waals surface area contributed by atoms with Crippen LogP contribution < -0.4 is 9.46 Å². The summed E-state index contributed by atoms with van der Waals surface area (Å²) in [6, 6.07) is 19.0. The van der Waals surface area contributed by atoms with E-state index < -0.39 is 16.1 Å². The van der Waals surface area contributed by atoms with Crippen LogP contribution in [0.5, 0.6) is 5.88 Å². The second-order valence-corrected chi connectivity index (χ2v) is 14.3. The first-order valence-electron chi connectivity index (χ1n) is 14.8. The minimum atomic E-state index is -4.16. The number of anilines is 1. The number of pyridine rings is 1. The van der Waals surface area contributed by atoms with E-state index in [-0.39, 0.29) is 46.8 Å². The van der Waals surface area contributed by atoms with Crippen LogP contribution in [0.4, 0.5) is 5.95 Å². The lowest BCUT2D eigenvalue weighted by Crippen LogP contribution is -2.45. The zero-order valence-corrected chi connectivity index (χ0v) is 26.8. The van der Waals surface area contributed by atoms with Gasteiger partial charge in [-0.05, 0) is 67.1 Å². The van der Waals surface area contributed by atoms with Crippen molar-refractivity contribution in [1.82, 2.24) is 24.3 Å². The van der Waals surface area contributed by atoms with Crippen molar-refractivity contribution in [2.45, 2.75) is 58.5 Å². The Morgan fingerprint density at radius 2 is 1.73 bits per heavy atom. The predicted molar refractivity (Wildman–Crippen MR) is 173 cm³/mol. The molecule has 4 heterocycles. The van der Waals surface area contributed by atoms with Crippen molar-refractivity contribution in [3.63, 3.8) is 0 Å². The largest absolute Gasteiger partial charge is 0.475 e. The molecule has 2 aromatic carbocycles. The third kappa shape index (κ3) is 6.39. The van der Waals surface area contributed by atoms with Crippen LogP contribution in [0.2, 0.25) is 0 Å². The number of carbonyl (C=O) groups excluding carboxylic acids is 1. The molecule has 11 heteroatoms. The lowest BCUT2D eigenvalue weighted by atomic mass is 9.87. The average Bonchev–Trinajstić information content (AvgIpc) is 3.39. The normalized spacial score (nSPS) is 16.7. The summed E-state index contributed by atoms with van der Waals surface area (Å²) >= 11 is 0. The summed E-state index contributed by atoms with van der Waals surface area (Å²) in [5.74, 6) is -0.229. The van der Waals surface area contributed by atoms with E-state index in [1.54, 1.807) is 29.3 Å². The fourth-order valence-electron chi connectivity index (χ4n) is 5.82. The van der Waals surface area contributed by atoms with Crippen LogP contribution in [0.1, 0.15) is 54.4 Å². The molecule has 1 atom stereocenters. The van der Waals surface area contributed by atoms with E-state index in [4.69, 9.17) is 4.74 Å². The van der Waals surface area contributed by atoms with Gasteiger partial charge in [-0.1, -0.05) is 51.1 Å². The number of nitrogens with one attached hydrogen (secondary N) is 1. The molecule has 4 bridgehead atoms. The molecular weight excluding hydrogens is 588 g/mol. The Morgan fingerprint density at radius 1 is 0.978 bits per heavy atom. The van der Waals surface area contributed by atoms with Gasteiger partial charge in [0.2, 0.25) is 11.8 Å². The molecule has 0 radical (unpaired) electrons. The van der Waals surface area contributed by atoms with Gasteiger partial charge in [-0.3, -0.25) is 4.79 Å². The maximum absolute atomic E-state index is 14.4. The van der Waals surface area contributed by atoms with Gasteiger partial charge in [0.05, 0.1) is 35.1 Å². The molecular formula is C34H36N6O4S. The van der Waals surface area contributed by atoms with Gasteiger partial charge in [0.25, 0.3) is 15.9 Å². The summed E-state index contributed by atoms with van der Waals surface area (Å²) in [6.07, 6.45) is 4.28. The van der Waals surface area contributed by atoms with Crippen LogP contribution in [0.25, 0.3) is 16.9 Å². The summed E-state index contributed by atoms with van der Waals surface area (Å²) in [6.45, 7) is 10.6. The lowest BCUT2D eigenvalue weighted by molar-refractivity contribution is 0.0508. The monoisotopic (exact) mass is 624 g/mol. The van der Waals surface area contributed by atoms with E-state index in [0.717, 1.165) is 28.0 Å². The van der Waals surface area contributed by atoms with Gasteiger partial charge >= 0.3 is 0 Å². The lowest BCUT2D eigenvalue weighted by Gasteiger charge is -2.35. The molecule has 10 nitrogen and oxygen atoms in total. The second-order valence-electron chi connectivity index (χ2n) is 12.7. The number of sulfonamides is 1. The van der Waals surface area contributed by atoms with Gasteiger partial charge in [-0.15, -0.1) is 0 Å². The second kappa shape index (κ2) is 11.6. The topological polar surface area (TPSA) is 119 Å². The van der Waals surface area contributed by atoms with Crippen LogP contribution in [-0.2, 0) is 16.6 Å². The van der Waals surface area contributed by atoms with Crippen molar-refractivity contribution in [2.24, 2.45) is 5.41 Å². The Hall–Kier alpha value is -4.77. The van der Waals surface area contributed by atoms with E-state index in [1.165, 1.54) is 12.1 Å². The number of nitrogens with zero attached hydrogens (tertiary/aromatic N) is 5. The molecule has 0 spiro atoms. The van der Waals surface area contributed by atoms with Gasteiger partial charge in [0.1, 0.15) is 12.3 Å². The highest BCUT2D eigenvalue weighted by Crippen LogP contribution is 2.32. The van der Waals surface area contributed by atoms with Gasteiger partial charge in [-0.25, -0.2) is 23.1 Å². The summed E-state index contributed by atoms with van der Waals surface area (Å²) in [5.41, 5.74) is 5.01. The first-order valence-corrected chi connectivity index (χ1v) is 16.3. The molecule has 5 aromatic rings. The first kappa shape index (κ1) is 30.3. The highest BCUT2D eigenvalue weighted by Gasteiger charge is 2.32. The first-order chi connectivity index (χ1) is 21.4. The SMILES string of the molecule is Cc1cccc(C)c1-c1cc2nc(n1)NS(=O)(=O)c1cccc(c1)C(=O)N(Cc1cnc3ccccn13)[C@H](CC(C)(C)C)CO2. The fourth-order valence-corrected chi connectivity index (χ4v) is 6.81. The van der Waals surface area contributed by atoms with Crippen molar-refractivity contribution < 1.29 is 17.9 Å². The number of hydrogen-bond donors (Lipinski definition) is 1. The molecule has 1 N–H and O–H groups in total. The van der Waals surface area contributed by atoms with Crippen LogP contribution in [0.15, 0.2) is 84.0 Å². The number of carbonyl (C=O) groups is 1. The Balaban J connectivity index is 1.52. The molecule has 0 aliphatic carbocycles. The Labute approximate surface area is 263 Å². The van der Waals surface area contributed by atoms with E-state index in [1.807, 2.05) is 60.8 Å². The zero-order chi connectivity index (χ0) is 31.9. The predicted octanol–water partition coefficient (Wildman–Crippen LogP) is 6.05. The minimum absolute atomic E-state index is 0.0711. The number of aromatic nitrogens is 4. The van der Waals surface area contributed by atoms with Crippen LogP contribution in [0, 0.1) is 19.3 Å². The maximum atomic E-state index is 14.4. The molecule has 1 aliphatic rings. The number of ether oxygens (including phenoxy) is 1. The minimum Gasteiger partial charge on any atom is -0.475 e. The summed E-state index contributed by atoms with van der Waals surface area (Å²) in [7, 11) is -4.16. The molecule has 45 heavy (non-hydrogen) atoms. The van der Waals surface area contributed by atoms with Crippen molar-refractivity contribution in [2.75, 3.05) is 11.3 Å². The van der Waals surface area contributed by atoms with Gasteiger partial charge in [0, 0.05) is 23.4 Å². The highest BCUT2D eigenvalue weighted by atomic mass is 32.2. The van der Waals surface area contributed by atoms with Crippen LogP contribution in [0.3, 0.4) is 0 Å². The van der Waals surface area contributed by atoms with E-state index >= 15 is 0 Å². The number of amides is 1. The van der Waals surface area contributed by atoms with Crippen molar-refractivity contribution in [3.8, 4) is 17.1 Å². The van der Waals surface area contributed by atoms with Crippen molar-refractivity contribution >= 4 is 27.5 Å². The number of fused-ring (bicyclic) bond motifs is 5. The van der Waals surface area contributed by atoms with Gasteiger partial charge < -0.3 is 14.0 Å². The molecule has 0 unspecified atom stereocenters. The standard InChI is InChI=1S/C34H36N6O4S/c1-22-10-8-11-23(2)31(22)28-17-30-37-33(36-28)38-45(42,43)27-13-9-12-24(16-27)32(41)40(25(21-44-30)18-34(3,4)5)20-26-19-35-29-14-6-7-15-39(26)29/h6-17,19,25H,18,20-21H2,1-5H3,(H,36,37,38)/t25-/m1/s1. The van der Waals surface area contributed by atoms with Crippen LogP contribution in [-0.4, -0.2) is 51.2 Å². The van der Waals surface area contributed by atoms with Crippen LogP contribution >= 0.6 is 0 Å². The Bertz CT molecular complexity index is 1990. The average molecular weight is 625 g/mol. The number of imidazole rings is 1. The summed E-state index contributed by atoms with van der Waals surface area (Å²) in [4.78, 5) is 29.7. The summed E-state index contributed by atoms with van der Waals surface area (Å²) in [5, 5.41) is 0.